The summed E-state index contributed by atoms with van der Waals surface area (Å²) in [5.74, 6) is 2.97. The van der Waals surface area contributed by atoms with Crippen molar-refractivity contribution in [1.82, 2.24) is 10.6 Å². The second kappa shape index (κ2) is 11.4. The smallest absolute Gasteiger partial charge is 0.191 e. The predicted octanol–water partition coefficient (Wildman–Crippen LogP) is 3.03. The number of nitrogens with zero attached hydrogens (tertiary/aromatic N) is 1. The molecule has 0 amide bonds. The summed E-state index contributed by atoms with van der Waals surface area (Å²) in [6, 6.07) is 5.77. The largest absolute Gasteiger partial charge is 0.497 e. The molecule has 0 heterocycles. The molecule has 1 aromatic rings. The van der Waals surface area contributed by atoms with Crippen molar-refractivity contribution in [2.75, 3.05) is 27.3 Å². The monoisotopic (exact) mass is 421 g/mol. The summed E-state index contributed by atoms with van der Waals surface area (Å²) in [6.45, 7) is 8.68. The quantitative estimate of drug-likeness (QED) is 0.404. The van der Waals surface area contributed by atoms with Gasteiger partial charge in [0, 0.05) is 24.7 Å². The number of guanidine groups is 1. The summed E-state index contributed by atoms with van der Waals surface area (Å²) in [5.41, 5.74) is 1.03. The normalized spacial score (nSPS) is 10.9. The number of nitrogens with one attached hydrogen (secondary N) is 2. The lowest BCUT2D eigenvalue weighted by molar-refractivity contribution is 0.391. The Balaban J connectivity index is 0.00000441. The minimum absolute atomic E-state index is 0. The van der Waals surface area contributed by atoms with Gasteiger partial charge < -0.3 is 20.1 Å². The first-order chi connectivity index (χ1) is 10.1. The van der Waals surface area contributed by atoms with Crippen LogP contribution in [0, 0.1) is 5.92 Å². The lowest BCUT2D eigenvalue weighted by atomic mass is 10.2. The minimum atomic E-state index is 0. The number of benzene rings is 1. The maximum atomic E-state index is 5.39. The molecule has 22 heavy (non-hydrogen) atoms. The maximum absolute atomic E-state index is 5.39. The standard InChI is InChI=1S/C16H27N3O2.HI/c1-6-17-16(18-10-12(2)3)19-11-13-7-8-14(20-4)9-15(13)21-5;/h7-9,12H,6,10-11H2,1-5H3,(H2,17,18,19);1H. The van der Waals surface area contributed by atoms with Gasteiger partial charge in [0.2, 0.25) is 0 Å². The fourth-order valence-electron chi connectivity index (χ4n) is 1.79. The highest BCUT2D eigenvalue weighted by atomic mass is 127. The lowest BCUT2D eigenvalue weighted by Crippen LogP contribution is -2.39. The fourth-order valence-corrected chi connectivity index (χ4v) is 1.79. The molecule has 6 heteroatoms. The molecule has 5 nitrogen and oxygen atoms in total. The van der Waals surface area contributed by atoms with Gasteiger partial charge in [-0.3, -0.25) is 0 Å². The van der Waals surface area contributed by atoms with E-state index >= 15 is 0 Å². The lowest BCUT2D eigenvalue weighted by Gasteiger charge is -2.14. The van der Waals surface area contributed by atoms with Crippen molar-refractivity contribution in [1.29, 1.82) is 0 Å². The van der Waals surface area contributed by atoms with Gasteiger partial charge in [0.05, 0.1) is 20.8 Å². The Hall–Kier alpha value is -1.18. The molecule has 2 N–H and O–H groups in total. The van der Waals surface area contributed by atoms with Crippen LogP contribution < -0.4 is 20.1 Å². The Morgan fingerprint density at radius 1 is 1.18 bits per heavy atom. The van der Waals surface area contributed by atoms with Gasteiger partial charge in [-0.1, -0.05) is 13.8 Å². The SMILES string of the molecule is CCNC(=NCc1ccc(OC)cc1OC)NCC(C)C.I. The molecule has 0 saturated heterocycles. The van der Waals surface area contributed by atoms with Crippen molar-refractivity contribution < 1.29 is 9.47 Å². The van der Waals surface area contributed by atoms with E-state index in [9.17, 15) is 0 Å². The Morgan fingerprint density at radius 3 is 2.45 bits per heavy atom. The average Bonchev–Trinajstić information content (AvgIpc) is 2.49. The average molecular weight is 421 g/mol. The van der Waals surface area contributed by atoms with Crippen LogP contribution in [0.2, 0.25) is 0 Å². The molecule has 0 aliphatic carbocycles. The van der Waals surface area contributed by atoms with Gasteiger partial charge in [0.25, 0.3) is 0 Å². The molecule has 0 radical (unpaired) electrons. The van der Waals surface area contributed by atoms with E-state index < -0.39 is 0 Å². The first-order valence-electron chi connectivity index (χ1n) is 7.33. The van der Waals surface area contributed by atoms with Gasteiger partial charge in [0.1, 0.15) is 11.5 Å². The Bertz CT molecular complexity index is 465. The summed E-state index contributed by atoms with van der Waals surface area (Å²) in [6.07, 6.45) is 0. The number of hydrogen-bond donors (Lipinski definition) is 2. The highest BCUT2D eigenvalue weighted by molar-refractivity contribution is 14.0. The zero-order chi connectivity index (χ0) is 15.7. The van der Waals surface area contributed by atoms with Gasteiger partial charge in [-0.2, -0.15) is 0 Å². The molecule has 0 aliphatic heterocycles. The molecule has 0 unspecified atom stereocenters. The molecule has 0 fully saturated rings. The number of rotatable bonds is 7. The van der Waals surface area contributed by atoms with Gasteiger partial charge in [-0.25, -0.2) is 4.99 Å². The van der Waals surface area contributed by atoms with Crippen LogP contribution in [-0.2, 0) is 6.54 Å². The van der Waals surface area contributed by atoms with Crippen LogP contribution in [0.1, 0.15) is 26.3 Å². The number of aliphatic imine (C=N–C) groups is 1. The Morgan fingerprint density at radius 2 is 1.91 bits per heavy atom. The van der Waals surface area contributed by atoms with Crippen molar-refractivity contribution in [3.63, 3.8) is 0 Å². The summed E-state index contributed by atoms with van der Waals surface area (Å²) in [7, 11) is 3.30. The molecule has 0 spiro atoms. The Kier molecular flexibility index (Phi) is 10.8. The summed E-state index contributed by atoms with van der Waals surface area (Å²) < 4.78 is 10.6. The van der Waals surface area contributed by atoms with Crippen LogP contribution in [0.5, 0.6) is 11.5 Å². The van der Waals surface area contributed by atoms with E-state index in [4.69, 9.17) is 9.47 Å². The number of methoxy groups -OCH3 is 2. The van der Waals surface area contributed by atoms with E-state index in [2.05, 4.69) is 36.4 Å². The van der Waals surface area contributed by atoms with Crippen molar-refractivity contribution >= 4 is 29.9 Å². The van der Waals surface area contributed by atoms with Gasteiger partial charge in [-0.05, 0) is 25.0 Å². The van der Waals surface area contributed by atoms with Gasteiger partial charge >= 0.3 is 0 Å². The van der Waals surface area contributed by atoms with E-state index in [-0.39, 0.29) is 24.0 Å². The van der Waals surface area contributed by atoms with Crippen molar-refractivity contribution in [3.05, 3.63) is 23.8 Å². The van der Waals surface area contributed by atoms with Crippen LogP contribution in [0.25, 0.3) is 0 Å². The van der Waals surface area contributed by atoms with Crippen molar-refractivity contribution in [2.24, 2.45) is 10.9 Å². The van der Waals surface area contributed by atoms with E-state index in [1.165, 1.54) is 0 Å². The fraction of sp³-hybridized carbons (Fsp3) is 0.562. The highest BCUT2D eigenvalue weighted by Gasteiger charge is 2.05. The molecule has 0 aliphatic rings. The maximum Gasteiger partial charge on any atom is 0.191 e. The molecule has 0 saturated carbocycles. The zero-order valence-corrected chi connectivity index (χ0v) is 16.4. The van der Waals surface area contributed by atoms with Crippen molar-refractivity contribution in [3.8, 4) is 11.5 Å². The molecule has 0 aromatic heterocycles. The molecular formula is C16H28IN3O2. The first-order valence-corrected chi connectivity index (χ1v) is 7.33. The predicted molar refractivity (Wildman–Crippen MR) is 103 cm³/mol. The zero-order valence-electron chi connectivity index (χ0n) is 14.1. The van der Waals surface area contributed by atoms with E-state index in [0.717, 1.165) is 36.1 Å². The van der Waals surface area contributed by atoms with Crippen LogP contribution in [0.15, 0.2) is 23.2 Å². The molecule has 1 rings (SSSR count). The second-order valence-electron chi connectivity index (χ2n) is 5.15. The van der Waals surface area contributed by atoms with E-state index in [0.29, 0.717) is 12.5 Å². The third-order valence-corrected chi connectivity index (χ3v) is 2.92. The van der Waals surface area contributed by atoms with E-state index in [1.807, 2.05) is 18.2 Å². The summed E-state index contributed by atoms with van der Waals surface area (Å²) in [5, 5.41) is 6.57. The van der Waals surface area contributed by atoms with Crippen LogP contribution in [0.4, 0.5) is 0 Å². The molecule has 0 bridgehead atoms. The van der Waals surface area contributed by atoms with Crippen LogP contribution in [-0.4, -0.2) is 33.3 Å². The summed E-state index contributed by atoms with van der Waals surface area (Å²) in [4.78, 5) is 4.59. The molecular weight excluding hydrogens is 393 g/mol. The number of halogens is 1. The molecule has 1 aromatic carbocycles. The summed E-state index contributed by atoms with van der Waals surface area (Å²) >= 11 is 0. The van der Waals surface area contributed by atoms with Crippen LogP contribution >= 0.6 is 24.0 Å². The molecule has 126 valence electrons. The number of ether oxygens (including phenoxy) is 2. The Labute approximate surface area is 150 Å². The first kappa shape index (κ1) is 20.8. The van der Waals surface area contributed by atoms with Gasteiger partial charge in [0.15, 0.2) is 5.96 Å². The van der Waals surface area contributed by atoms with Gasteiger partial charge in [-0.15, -0.1) is 24.0 Å². The van der Waals surface area contributed by atoms with Crippen LogP contribution in [0.3, 0.4) is 0 Å². The second-order valence-corrected chi connectivity index (χ2v) is 5.15. The highest BCUT2D eigenvalue weighted by Crippen LogP contribution is 2.25. The topological polar surface area (TPSA) is 54.9 Å². The minimum Gasteiger partial charge on any atom is -0.497 e. The number of hydrogen-bond acceptors (Lipinski definition) is 3. The van der Waals surface area contributed by atoms with Crippen molar-refractivity contribution in [2.45, 2.75) is 27.3 Å². The molecule has 0 atom stereocenters. The third kappa shape index (κ3) is 7.20. The van der Waals surface area contributed by atoms with E-state index in [1.54, 1.807) is 14.2 Å². The third-order valence-electron chi connectivity index (χ3n) is 2.92.